The van der Waals surface area contributed by atoms with Crippen LogP contribution in [0.3, 0.4) is 0 Å². The van der Waals surface area contributed by atoms with E-state index >= 15 is 0 Å². The van der Waals surface area contributed by atoms with Crippen molar-refractivity contribution >= 4 is 11.9 Å². The Bertz CT molecular complexity index is 164. The van der Waals surface area contributed by atoms with Gasteiger partial charge in [-0.1, -0.05) is 13.2 Å². The van der Waals surface area contributed by atoms with Gasteiger partial charge in [-0.05, 0) is 0 Å². The fourth-order valence-corrected chi connectivity index (χ4v) is 0.0315. The van der Waals surface area contributed by atoms with Crippen LogP contribution in [0.1, 0.15) is 0 Å². The summed E-state index contributed by atoms with van der Waals surface area (Å²) >= 11 is 0. The Balaban J connectivity index is 0. The largest absolute Gasteiger partial charge is 0.478 e. The molecule has 0 aliphatic carbocycles. The molecule has 0 aliphatic rings. The van der Waals surface area contributed by atoms with Crippen molar-refractivity contribution < 1.29 is 24.2 Å². The van der Waals surface area contributed by atoms with Crippen molar-refractivity contribution in [2.45, 2.75) is 0 Å². The third-order valence-electron chi connectivity index (χ3n) is 0.417. The highest BCUT2D eigenvalue weighted by Crippen LogP contribution is 1.74. The first-order valence-corrected chi connectivity index (χ1v) is 2.38. The van der Waals surface area contributed by atoms with E-state index in [2.05, 4.69) is 18.1 Å². The Morgan fingerprint density at radius 2 is 1.73 bits per heavy atom. The number of hydrogen-bond acceptors (Lipinski definition) is 3. The molecule has 0 aromatic heterocycles. The second-order valence-electron chi connectivity index (χ2n) is 1.14. The Hall–Kier alpha value is -1.65. The number of hydrogen-bond donors (Lipinski definition) is 1. The summed E-state index contributed by atoms with van der Waals surface area (Å²) in [6.07, 6.45) is 1.57. The second-order valence-corrected chi connectivity index (χ2v) is 1.14. The lowest BCUT2D eigenvalue weighted by atomic mass is 10.7. The van der Waals surface area contributed by atoms with E-state index in [0.717, 1.165) is 12.2 Å². The van der Waals surface area contributed by atoms with Gasteiger partial charge in [-0.3, -0.25) is 4.94 Å². The molecule has 0 rings (SSSR count). The standard InChI is InChI=1S/C3H3FO2.C3H4O2/c1-2-3(5)6-4;1-2-3(4)5/h2H,1H2;2H,1H2,(H,4,5). The summed E-state index contributed by atoms with van der Waals surface area (Å²) in [4.78, 5) is 21.4. The highest BCUT2D eigenvalue weighted by molar-refractivity contribution is 5.80. The van der Waals surface area contributed by atoms with Crippen molar-refractivity contribution in [1.82, 2.24) is 0 Å². The van der Waals surface area contributed by atoms with Crippen LogP contribution >= 0.6 is 0 Å². The Morgan fingerprint density at radius 3 is 1.73 bits per heavy atom. The van der Waals surface area contributed by atoms with Crippen molar-refractivity contribution in [2.75, 3.05) is 0 Å². The van der Waals surface area contributed by atoms with Crippen LogP contribution in [0, 0.1) is 0 Å². The maximum absolute atomic E-state index is 10.5. The molecule has 0 bridgehead atoms. The molecule has 11 heavy (non-hydrogen) atoms. The minimum absolute atomic E-state index is 0.736. The van der Waals surface area contributed by atoms with E-state index in [4.69, 9.17) is 5.11 Å². The second kappa shape index (κ2) is 8.35. The van der Waals surface area contributed by atoms with Crippen LogP contribution in [0.25, 0.3) is 0 Å². The van der Waals surface area contributed by atoms with Crippen LogP contribution in [-0.4, -0.2) is 17.0 Å². The van der Waals surface area contributed by atoms with Gasteiger partial charge >= 0.3 is 11.9 Å². The van der Waals surface area contributed by atoms with Gasteiger partial charge in [-0.25, -0.2) is 9.59 Å². The van der Waals surface area contributed by atoms with Gasteiger partial charge in [0, 0.05) is 16.7 Å². The fourth-order valence-electron chi connectivity index (χ4n) is 0.0315. The van der Waals surface area contributed by atoms with Crippen molar-refractivity contribution in [3.63, 3.8) is 0 Å². The van der Waals surface area contributed by atoms with E-state index in [-0.39, 0.29) is 0 Å². The van der Waals surface area contributed by atoms with Gasteiger partial charge < -0.3 is 5.11 Å². The zero-order valence-corrected chi connectivity index (χ0v) is 5.62. The number of halogens is 1. The molecule has 0 spiro atoms. The van der Waals surface area contributed by atoms with Crippen molar-refractivity contribution in [2.24, 2.45) is 0 Å². The zero-order valence-electron chi connectivity index (χ0n) is 5.62. The average molecular weight is 162 g/mol. The molecule has 0 saturated carbocycles. The Kier molecular flexibility index (Phi) is 9.16. The quantitative estimate of drug-likeness (QED) is 0.611. The lowest BCUT2D eigenvalue weighted by Crippen LogP contribution is -1.87. The lowest BCUT2D eigenvalue weighted by molar-refractivity contribution is -0.176. The Labute approximate surface area is 62.5 Å². The minimum Gasteiger partial charge on any atom is -0.478 e. The van der Waals surface area contributed by atoms with Crippen LogP contribution in [0.4, 0.5) is 4.53 Å². The molecule has 0 aliphatic heterocycles. The predicted molar refractivity (Wildman–Crippen MR) is 35.2 cm³/mol. The first-order valence-electron chi connectivity index (χ1n) is 2.38. The van der Waals surface area contributed by atoms with Gasteiger partial charge in [-0.15, -0.1) is 0 Å². The van der Waals surface area contributed by atoms with Gasteiger partial charge in [0.1, 0.15) is 0 Å². The molecule has 5 heteroatoms. The molecule has 0 aromatic carbocycles. The third kappa shape index (κ3) is 17.8. The highest BCUT2D eigenvalue weighted by atomic mass is 19.3. The minimum atomic E-state index is -1.06. The van der Waals surface area contributed by atoms with E-state index in [9.17, 15) is 14.1 Å². The van der Waals surface area contributed by atoms with E-state index in [1.165, 1.54) is 0 Å². The lowest BCUT2D eigenvalue weighted by Gasteiger charge is -1.74. The summed E-state index contributed by atoms with van der Waals surface area (Å²) in [5.41, 5.74) is 0. The van der Waals surface area contributed by atoms with Gasteiger partial charge in [0.05, 0.1) is 0 Å². The summed E-state index contributed by atoms with van der Waals surface area (Å²) in [6, 6.07) is 0. The first-order chi connectivity index (χ1) is 5.08. The van der Waals surface area contributed by atoms with E-state index in [0.29, 0.717) is 0 Å². The van der Waals surface area contributed by atoms with Crippen LogP contribution in [-0.2, 0) is 14.5 Å². The average Bonchev–Trinajstić information content (AvgIpc) is 2.04. The monoisotopic (exact) mass is 162 g/mol. The molecule has 0 amide bonds. The van der Waals surface area contributed by atoms with E-state index in [1.54, 1.807) is 0 Å². The molecule has 4 nitrogen and oxygen atoms in total. The van der Waals surface area contributed by atoms with Gasteiger partial charge in [0.15, 0.2) is 0 Å². The summed E-state index contributed by atoms with van der Waals surface area (Å²) in [5.74, 6) is -2.04. The van der Waals surface area contributed by atoms with Gasteiger partial charge in [0.2, 0.25) is 0 Å². The molecule has 1 N–H and O–H groups in total. The van der Waals surface area contributed by atoms with Crippen molar-refractivity contribution in [1.29, 1.82) is 0 Å². The summed E-state index contributed by atoms with van der Waals surface area (Å²) in [6.45, 7) is 5.88. The number of rotatable bonds is 2. The maximum Gasteiger partial charge on any atom is 0.371 e. The molecule has 0 fully saturated rings. The van der Waals surface area contributed by atoms with Gasteiger partial charge in [-0.2, -0.15) is 0 Å². The summed E-state index contributed by atoms with van der Waals surface area (Å²) in [5, 5.41) is 7.60. The molecule has 0 radical (unpaired) electrons. The highest BCUT2D eigenvalue weighted by Gasteiger charge is 1.87. The van der Waals surface area contributed by atoms with Crippen molar-refractivity contribution in [3.8, 4) is 0 Å². The van der Waals surface area contributed by atoms with Crippen molar-refractivity contribution in [3.05, 3.63) is 25.3 Å². The molecule has 0 unspecified atom stereocenters. The van der Waals surface area contributed by atoms with Crippen LogP contribution < -0.4 is 0 Å². The molecular weight excluding hydrogens is 155 g/mol. The molecule has 0 saturated heterocycles. The van der Waals surface area contributed by atoms with Crippen LogP contribution in [0.2, 0.25) is 0 Å². The zero-order chi connectivity index (χ0) is 9.28. The number of carbonyl (C=O) groups excluding carboxylic acids is 1. The van der Waals surface area contributed by atoms with E-state index < -0.39 is 11.9 Å². The number of aliphatic carboxylic acids is 1. The number of carbonyl (C=O) groups is 2. The first kappa shape index (κ1) is 12.1. The number of carboxylic acid groups (broad SMARTS) is 1. The summed E-state index contributed by atoms with van der Waals surface area (Å²) in [7, 11) is 0. The molecule has 0 atom stereocenters. The maximum atomic E-state index is 10.5. The molecule has 62 valence electrons. The Morgan fingerprint density at radius 1 is 1.36 bits per heavy atom. The topological polar surface area (TPSA) is 63.6 Å². The molecular formula is C6H7FO4. The SMILES string of the molecule is C=CC(=O)O.C=CC(=O)OF. The van der Waals surface area contributed by atoms with Gasteiger partial charge in [0.25, 0.3) is 0 Å². The molecule has 0 heterocycles. The summed E-state index contributed by atoms with van der Waals surface area (Å²) < 4.78 is 10.5. The molecule has 0 aromatic rings. The smallest absolute Gasteiger partial charge is 0.371 e. The van der Waals surface area contributed by atoms with Crippen LogP contribution in [0.15, 0.2) is 25.3 Å². The third-order valence-corrected chi connectivity index (χ3v) is 0.417. The number of carboxylic acids is 1. The normalized spacial score (nSPS) is 6.64. The predicted octanol–water partition coefficient (Wildman–Crippen LogP) is 0.857. The van der Waals surface area contributed by atoms with E-state index in [1.807, 2.05) is 0 Å². The van der Waals surface area contributed by atoms with Crippen LogP contribution in [0.5, 0.6) is 0 Å². The fraction of sp³-hybridized carbons (Fsp3) is 0.